The van der Waals surface area contributed by atoms with E-state index < -0.39 is 0 Å². The SMILES string of the molecule is N.N.O=C=NCCN=C=O. The lowest BCUT2D eigenvalue weighted by atomic mass is 10.7. The zero-order valence-corrected chi connectivity index (χ0v) is 5.54. The van der Waals surface area contributed by atoms with Crippen LogP contribution in [0.15, 0.2) is 9.98 Å². The molecule has 0 aliphatic carbocycles. The molecule has 58 valence electrons. The lowest BCUT2D eigenvalue weighted by Gasteiger charge is -1.74. The van der Waals surface area contributed by atoms with Crippen LogP contribution in [0.3, 0.4) is 0 Å². The van der Waals surface area contributed by atoms with Crippen LogP contribution in [0.2, 0.25) is 0 Å². The van der Waals surface area contributed by atoms with Crippen molar-refractivity contribution in [1.82, 2.24) is 12.3 Å². The van der Waals surface area contributed by atoms with Crippen molar-refractivity contribution in [2.24, 2.45) is 9.98 Å². The van der Waals surface area contributed by atoms with E-state index in [0.29, 0.717) is 0 Å². The number of isocyanates is 2. The van der Waals surface area contributed by atoms with Gasteiger partial charge in [-0.15, -0.1) is 0 Å². The fourth-order valence-corrected chi connectivity index (χ4v) is 0.191. The molecule has 6 heteroatoms. The second-order valence-corrected chi connectivity index (χ2v) is 0.946. The van der Waals surface area contributed by atoms with Gasteiger partial charge in [0.1, 0.15) is 0 Å². The molecule has 0 aromatic carbocycles. The monoisotopic (exact) mass is 146 g/mol. The van der Waals surface area contributed by atoms with Crippen molar-refractivity contribution in [3.8, 4) is 0 Å². The van der Waals surface area contributed by atoms with E-state index in [4.69, 9.17) is 0 Å². The maximum Gasteiger partial charge on any atom is 0.235 e. The van der Waals surface area contributed by atoms with E-state index >= 15 is 0 Å². The number of aliphatic imine (C=N–C) groups is 2. The summed E-state index contributed by atoms with van der Waals surface area (Å²) in [5.74, 6) is 0. The quantitative estimate of drug-likeness (QED) is 0.329. The van der Waals surface area contributed by atoms with Gasteiger partial charge in [0.05, 0.1) is 13.1 Å². The van der Waals surface area contributed by atoms with Crippen molar-refractivity contribution >= 4 is 12.2 Å². The number of hydrogen-bond acceptors (Lipinski definition) is 6. The molecule has 0 aliphatic rings. The average Bonchev–Trinajstić information content (AvgIpc) is 1.81. The number of carbonyl (C=O) groups excluding carboxylic acids is 2. The molecule has 0 radical (unpaired) electrons. The lowest BCUT2D eigenvalue weighted by molar-refractivity contribution is 0.560. The zero-order chi connectivity index (χ0) is 6.24. The summed E-state index contributed by atoms with van der Waals surface area (Å²) < 4.78 is 0. The van der Waals surface area contributed by atoms with Crippen LogP contribution in [0.1, 0.15) is 0 Å². The molecule has 0 fully saturated rings. The third kappa shape index (κ3) is 15.9. The van der Waals surface area contributed by atoms with Crippen LogP contribution in [-0.4, -0.2) is 25.2 Å². The topological polar surface area (TPSA) is 129 Å². The highest BCUT2D eigenvalue weighted by Gasteiger charge is 1.73. The van der Waals surface area contributed by atoms with Crippen LogP contribution in [0.5, 0.6) is 0 Å². The van der Waals surface area contributed by atoms with E-state index in [-0.39, 0.29) is 25.4 Å². The summed E-state index contributed by atoms with van der Waals surface area (Å²) in [5, 5.41) is 0. The molecule has 0 aliphatic heterocycles. The van der Waals surface area contributed by atoms with Gasteiger partial charge in [-0.2, -0.15) is 0 Å². The summed E-state index contributed by atoms with van der Waals surface area (Å²) in [4.78, 5) is 24.9. The maximum atomic E-state index is 9.34. The Labute approximate surface area is 58.2 Å². The van der Waals surface area contributed by atoms with Gasteiger partial charge in [-0.3, -0.25) is 0 Å². The molecule has 10 heavy (non-hydrogen) atoms. The Morgan fingerprint density at radius 3 is 1.40 bits per heavy atom. The van der Waals surface area contributed by atoms with Gasteiger partial charge in [0.2, 0.25) is 12.2 Å². The van der Waals surface area contributed by atoms with Crippen LogP contribution in [0.25, 0.3) is 0 Å². The predicted molar refractivity (Wildman–Crippen MR) is 36.0 cm³/mol. The van der Waals surface area contributed by atoms with Crippen molar-refractivity contribution in [3.05, 3.63) is 0 Å². The third-order valence-corrected chi connectivity index (χ3v) is 0.453. The van der Waals surface area contributed by atoms with Gasteiger partial charge in [-0.25, -0.2) is 19.6 Å². The molecule has 0 unspecified atom stereocenters. The maximum absolute atomic E-state index is 9.34. The molecule has 0 aromatic rings. The molecule has 0 amide bonds. The van der Waals surface area contributed by atoms with Gasteiger partial charge in [0, 0.05) is 0 Å². The summed E-state index contributed by atoms with van der Waals surface area (Å²) in [6, 6.07) is 0. The Morgan fingerprint density at radius 1 is 0.900 bits per heavy atom. The first-order chi connectivity index (χ1) is 3.91. The molecule has 0 saturated heterocycles. The van der Waals surface area contributed by atoms with Crippen LogP contribution >= 0.6 is 0 Å². The van der Waals surface area contributed by atoms with E-state index in [9.17, 15) is 9.59 Å². The van der Waals surface area contributed by atoms with Crippen LogP contribution in [0, 0.1) is 0 Å². The van der Waals surface area contributed by atoms with E-state index in [1.165, 1.54) is 12.2 Å². The van der Waals surface area contributed by atoms with Crippen LogP contribution in [-0.2, 0) is 9.59 Å². The summed E-state index contributed by atoms with van der Waals surface area (Å²) in [5.41, 5.74) is 0. The molecule has 0 atom stereocenters. The van der Waals surface area contributed by atoms with Crippen molar-refractivity contribution in [3.63, 3.8) is 0 Å². The Balaban J connectivity index is -0.000000245. The van der Waals surface area contributed by atoms with E-state index in [2.05, 4.69) is 9.98 Å². The average molecular weight is 146 g/mol. The van der Waals surface area contributed by atoms with Gasteiger partial charge < -0.3 is 12.3 Å². The predicted octanol–water partition coefficient (Wildman–Crippen LogP) is -0.0180. The molecular formula is C4H10N4O2. The van der Waals surface area contributed by atoms with E-state index in [0.717, 1.165) is 0 Å². The Morgan fingerprint density at radius 2 is 1.20 bits per heavy atom. The van der Waals surface area contributed by atoms with Crippen molar-refractivity contribution in [2.45, 2.75) is 0 Å². The fourth-order valence-electron chi connectivity index (χ4n) is 0.191. The highest BCUT2D eigenvalue weighted by Crippen LogP contribution is 1.66. The largest absolute Gasteiger partial charge is 0.344 e. The zero-order valence-electron chi connectivity index (χ0n) is 5.54. The van der Waals surface area contributed by atoms with Gasteiger partial charge >= 0.3 is 0 Å². The first-order valence-corrected chi connectivity index (χ1v) is 1.99. The first-order valence-electron chi connectivity index (χ1n) is 1.99. The van der Waals surface area contributed by atoms with Crippen molar-refractivity contribution < 1.29 is 9.59 Å². The second-order valence-electron chi connectivity index (χ2n) is 0.946. The summed E-state index contributed by atoms with van der Waals surface area (Å²) >= 11 is 0. The van der Waals surface area contributed by atoms with Gasteiger partial charge in [-0.05, 0) is 0 Å². The smallest absolute Gasteiger partial charge is 0.235 e. The third-order valence-electron chi connectivity index (χ3n) is 0.453. The van der Waals surface area contributed by atoms with E-state index in [1.807, 2.05) is 0 Å². The molecule has 6 N–H and O–H groups in total. The normalized spacial score (nSPS) is 5.20. The van der Waals surface area contributed by atoms with Gasteiger partial charge in [0.15, 0.2) is 0 Å². The molecule has 0 heterocycles. The minimum atomic E-state index is 0. The molecule has 0 spiro atoms. The summed E-state index contributed by atoms with van der Waals surface area (Å²) in [6.45, 7) is 0.442. The Bertz CT molecular complexity index is 127. The first kappa shape index (κ1) is 15.9. The van der Waals surface area contributed by atoms with Gasteiger partial charge in [0.25, 0.3) is 0 Å². The standard InChI is InChI=1S/C4H4N2O2.2H3N/c7-3-5-1-2-6-4-8;;/h1-2H2;2*1H3. The molecule has 6 nitrogen and oxygen atoms in total. The van der Waals surface area contributed by atoms with Crippen LogP contribution < -0.4 is 12.3 Å². The molecular weight excluding hydrogens is 136 g/mol. The number of hydrogen-bond donors (Lipinski definition) is 2. The molecule has 0 rings (SSSR count). The number of rotatable bonds is 3. The summed E-state index contributed by atoms with van der Waals surface area (Å²) in [7, 11) is 0. The minimum Gasteiger partial charge on any atom is -0.344 e. The summed E-state index contributed by atoms with van der Waals surface area (Å²) in [6.07, 6.45) is 2.62. The highest BCUT2D eigenvalue weighted by atomic mass is 16.1. The second kappa shape index (κ2) is 15.6. The van der Waals surface area contributed by atoms with Crippen molar-refractivity contribution in [2.75, 3.05) is 13.1 Å². The number of nitrogens with zero attached hydrogens (tertiary/aromatic N) is 2. The molecule has 0 aromatic heterocycles. The highest BCUT2D eigenvalue weighted by molar-refractivity contribution is 5.34. The molecule has 0 saturated carbocycles. The van der Waals surface area contributed by atoms with Gasteiger partial charge in [-0.1, -0.05) is 0 Å². The minimum absolute atomic E-state index is 0. The Kier molecular flexibility index (Phi) is 24.8. The fraction of sp³-hybridized carbons (Fsp3) is 0.500. The lowest BCUT2D eigenvalue weighted by Crippen LogP contribution is -1.82. The van der Waals surface area contributed by atoms with Crippen molar-refractivity contribution in [1.29, 1.82) is 0 Å². The molecule has 0 bridgehead atoms. The van der Waals surface area contributed by atoms with E-state index in [1.54, 1.807) is 0 Å². The van der Waals surface area contributed by atoms with Crippen LogP contribution in [0.4, 0.5) is 0 Å². The Hall–Kier alpha value is -1.32.